The molecule has 0 saturated carbocycles. The highest BCUT2D eigenvalue weighted by molar-refractivity contribution is 8.18. The highest BCUT2D eigenvalue weighted by Crippen LogP contribution is 2.35. The highest BCUT2D eigenvalue weighted by atomic mass is 35.5. The Morgan fingerprint density at radius 2 is 1.93 bits per heavy atom. The fourth-order valence-corrected chi connectivity index (χ4v) is 3.73. The van der Waals surface area contributed by atoms with E-state index in [4.69, 9.17) is 21.4 Å². The maximum atomic E-state index is 12.7. The molecule has 2 aromatic rings. The Bertz CT molecular complexity index is 1020. The Morgan fingerprint density at radius 1 is 1.24 bits per heavy atom. The lowest BCUT2D eigenvalue weighted by molar-refractivity contribution is -0.121. The fraction of sp³-hybridized carbons (Fsp3) is 0.190. The number of carboxylic acid groups (broad SMARTS) is 1. The van der Waals surface area contributed by atoms with Crippen LogP contribution in [-0.4, -0.2) is 40.2 Å². The molecule has 3 rings (SSSR count). The van der Waals surface area contributed by atoms with Gasteiger partial charge in [0, 0.05) is 17.6 Å². The number of amidine groups is 1. The lowest BCUT2D eigenvalue weighted by Gasteiger charge is -2.13. The van der Waals surface area contributed by atoms with Gasteiger partial charge in [-0.15, -0.1) is 0 Å². The average Bonchev–Trinajstić information content (AvgIpc) is 2.92. The van der Waals surface area contributed by atoms with Gasteiger partial charge in [0.2, 0.25) is 0 Å². The number of halogens is 1. The molecule has 6 nitrogen and oxygen atoms in total. The van der Waals surface area contributed by atoms with E-state index < -0.39 is 5.97 Å². The van der Waals surface area contributed by atoms with E-state index in [0.717, 1.165) is 0 Å². The number of amides is 1. The summed E-state index contributed by atoms with van der Waals surface area (Å²) in [6, 6.07) is 11.4. The standard InChI is InChI=1S/C21H19ClN2O4S/c1-12(2)28-17-9-6-15(22)10-14(17)11-18-19(25)24(3)21(29-18)23-16-7-4-13(5-8-16)20(26)27/h4-12H,1-3H3,(H,26,27)/b18-11+,23-21?. The van der Waals surface area contributed by atoms with Crippen LogP contribution in [0.1, 0.15) is 29.8 Å². The molecule has 0 unspecified atom stereocenters. The van der Waals surface area contributed by atoms with E-state index in [0.29, 0.717) is 32.1 Å². The van der Waals surface area contributed by atoms with Crippen molar-refractivity contribution < 1.29 is 19.4 Å². The van der Waals surface area contributed by atoms with Gasteiger partial charge < -0.3 is 9.84 Å². The Morgan fingerprint density at radius 3 is 2.55 bits per heavy atom. The van der Waals surface area contributed by atoms with Crippen LogP contribution in [0.2, 0.25) is 5.02 Å². The van der Waals surface area contributed by atoms with E-state index in [-0.39, 0.29) is 17.6 Å². The van der Waals surface area contributed by atoms with Crippen LogP contribution in [0.25, 0.3) is 6.08 Å². The number of carboxylic acids is 1. The average molecular weight is 431 g/mol. The molecule has 150 valence electrons. The molecular formula is C21H19ClN2O4S. The van der Waals surface area contributed by atoms with Crippen molar-refractivity contribution in [2.75, 3.05) is 7.05 Å². The second-order valence-corrected chi connectivity index (χ2v) is 8.02. The van der Waals surface area contributed by atoms with Crippen LogP contribution in [-0.2, 0) is 4.79 Å². The van der Waals surface area contributed by atoms with Gasteiger partial charge in [-0.05, 0) is 74.1 Å². The molecule has 8 heteroatoms. The van der Waals surface area contributed by atoms with Crippen LogP contribution in [0.4, 0.5) is 5.69 Å². The van der Waals surface area contributed by atoms with Gasteiger partial charge in [-0.2, -0.15) is 0 Å². The van der Waals surface area contributed by atoms with Crippen molar-refractivity contribution in [3.8, 4) is 5.75 Å². The number of benzene rings is 2. The van der Waals surface area contributed by atoms with Gasteiger partial charge in [0.1, 0.15) is 5.75 Å². The van der Waals surface area contributed by atoms with E-state index in [2.05, 4.69) is 4.99 Å². The van der Waals surface area contributed by atoms with Gasteiger partial charge in [-0.3, -0.25) is 9.69 Å². The third kappa shape index (κ3) is 4.99. The minimum Gasteiger partial charge on any atom is -0.490 e. The first-order valence-electron chi connectivity index (χ1n) is 8.80. The quantitative estimate of drug-likeness (QED) is 0.670. The number of ether oxygens (including phenoxy) is 1. The number of nitrogens with zero attached hydrogens (tertiary/aromatic N) is 2. The number of aromatic carboxylic acids is 1. The minimum absolute atomic E-state index is 0.0196. The zero-order valence-corrected chi connectivity index (χ0v) is 17.6. The second kappa shape index (κ2) is 8.71. The first kappa shape index (κ1) is 21.0. The van der Waals surface area contributed by atoms with Gasteiger partial charge in [-0.1, -0.05) is 11.6 Å². The van der Waals surface area contributed by atoms with Crippen LogP contribution >= 0.6 is 23.4 Å². The maximum Gasteiger partial charge on any atom is 0.335 e. The lowest BCUT2D eigenvalue weighted by atomic mass is 10.1. The summed E-state index contributed by atoms with van der Waals surface area (Å²) in [7, 11) is 1.64. The fourth-order valence-electron chi connectivity index (χ4n) is 2.58. The summed E-state index contributed by atoms with van der Waals surface area (Å²) < 4.78 is 5.81. The SMILES string of the molecule is CC(C)Oc1ccc(Cl)cc1/C=C1/SC(=Nc2ccc(C(=O)O)cc2)N(C)C1=O. The molecule has 1 amide bonds. The number of hydrogen-bond donors (Lipinski definition) is 1. The Kier molecular flexibility index (Phi) is 6.30. The van der Waals surface area contributed by atoms with Gasteiger partial charge in [0.15, 0.2) is 5.17 Å². The molecule has 1 aliphatic rings. The number of carbonyl (C=O) groups excluding carboxylic acids is 1. The van der Waals surface area contributed by atoms with E-state index in [1.807, 2.05) is 13.8 Å². The molecule has 0 spiro atoms. The molecule has 1 saturated heterocycles. The molecule has 29 heavy (non-hydrogen) atoms. The summed E-state index contributed by atoms with van der Waals surface area (Å²) in [5.41, 5.74) is 1.45. The minimum atomic E-state index is -1.00. The summed E-state index contributed by atoms with van der Waals surface area (Å²) in [5.74, 6) is -0.549. The first-order chi connectivity index (χ1) is 13.7. The van der Waals surface area contributed by atoms with Gasteiger partial charge in [0.05, 0.1) is 22.3 Å². The van der Waals surface area contributed by atoms with E-state index in [1.165, 1.54) is 28.8 Å². The summed E-state index contributed by atoms with van der Waals surface area (Å²) in [4.78, 5) is 30.1. The van der Waals surface area contributed by atoms with Gasteiger partial charge in [0.25, 0.3) is 5.91 Å². The Balaban J connectivity index is 1.90. The Labute approximate surface area is 177 Å². The van der Waals surface area contributed by atoms with Crippen molar-refractivity contribution in [3.05, 3.63) is 63.5 Å². The van der Waals surface area contributed by atoms with Crippen LogP contribution in [0, 0.1) is 0 Å². The van der Waals surface area contributed by atoms with Crippen molar-refractivity contribution in [2.24, 2.45) is 4.99 Å². The number of thioether (sulfide) groups is 1. The lowest BCUT2D eigenvalue weighted by Crippen LogP contribution is -2.23. The molecule has 0 aromatic heterocycles. The van der Waals surface area contributed by atoms with Crippen LogP contribution in [0.15, 0.2) is 52.4 Å². The monoisotopic (exact) mass is 430 g/mol. The first-order valence-corrected chi connectivity index (χ1v) is 10.00. The molecule has 0 aliphatic carbocycles. The number of aliphatic imine (C=N–C) groups is 1. The Hall–Kier alpha value is -2.77. The number of likely N-dealkylation sites (N-methyl/N-ethyl adjacent to an activating group) is 1. The third-order valence-corrected chi connectivity index (χ3v) is 5.26. The smallest absolute Gasteiger partial charge is 0.335 e. The van der Waals surface area contributed by atoms with E-state index >= 15 is 0 Å². The molecule has 1 aliphatic heterocycles. The predicted octanol–water partition coefficient (Wildman–Crippen LogP) is 5.06. The summed E-state index contributed by atoms with van der Waals surface area (Å²) in [6.07, 6.45) is 1.72. The number of hydrogen-bond acceptors (Lipinski definition) is 5. The van der Waals surface area contributed by atoms with E-state index in [9.17, 15) is 9.59 Å². The summed E-state index contributed by atoms with van der Waals surface area (Å²) >= 11 is 7.36. The van der Waals surface area contributed by atoms with Crippen LogP contribution in [0.5, 0.6) is 5.75 Å². The summed E-state index contributed by atoms with van der Waals surface area (Å²) in [6.45, 7) is 3.85. The highest BCUT2D eigenvalue weighted by Gasteiger charge is 2.30. The van der Waals surface area contributed by atoms with Crippen molar-refractivity contribution in [1.82, 2.24) is 4.90 Å². The van der Waals surface area contributed by atoms with E-state index in [1.54, 1.807) is 43.5 Å². The normalized spacial score (nSPS) is 16.9. The molecule has 0 bridgehead atoms. The largest absolute Gasteiger partial charge is 0.490 e. The van der Waals surface area contributed by atoms with Crippen molar-refractivity contribution in [1.29, 1.82) is 0 Å². The second-order valence-electron chi connectivity index (χ2n) is 6.57. The third-order valence-electron chi connectivity index (χ3n) is 3.96. The molecule has 0 radical (unpaired) electrons. The zero-order valence-electron chi connectivity index (χ0n) is 16.0. The van der Waals surface area contributed by atoms with Crippen molar-refractivity contribution in [3.63, 3.8) is 0 Å². The molecule has 1 N–H and O–H groups in total. The molecular weight excluding hydrogens is 412 g/mol. The number of carbonyl (C=O) groups is 2. The van der Waals surface area contributed by atoms with Gasteiger partial charge in [-0.25, -0.2) is 9.79 Å². The maximum absolute atomic E-state index is 12.7. The van der Waals surface area contributed by atoms with Crippen LogP contribution < -0.4 is 4.74 Å². The predicted molar refractivity (Wildman–Crippen MR) is 116 cm³/mol. The van der Waals surface area contributed by atoms with Crippen molar-refractivity contribution in [2.45, 2.75) is 20.0 Å². The van der Waals surface area contributed by atoms with Gasteiger partial charge >= 0.3 is 5.97 Å². The zero-order chi connectivity index (χ0) is 21.1. The molecule has 2 aromatic carbocycles. The topological polar surface area (TPSA) is 79.2 Å². The summed E-state index contributed by atoms with van der Waals surface area (Å²) in [5, 5.41) is 10.0. The molecule has 1 heterocycles. The van der Waals surface area contributed by atoms with Crippen molar-refractivity contribution >= 4 is 52.2 Å². The number of rotatable bonds is 5. The molecule has 1 fully saturated rings. The molecule has 0 atom stereocenters. The van der Waals surface area contributed by atoms with Crippen LogP contribution in [0.3, 0.4) is 0 Å².